The fraction of sp³-hybridized carbons (Fsp3) is 0.167. The number of ether oxygens (including phenoxy) is 1. The first-order valence-corrected chi connectivity index (χ1v) is 6.77. The third-order valence-corrected chi connectivity index (χ3v) is 3.82. The van der Waals surface area contributed by atoms with Crippen LogP contribution in [0.15, 0.2) is 52.0 Å². The maximum atomic E-state index is 12.1. The van der Waals surface area contributed by atoms with Crippen molar-refractivity contribution >= 4 is 10.0 Å². The lowest BCUT2D eigenvalue weighted by Crippen LogP contribution is -2.23. The van der Waals surface area contributed by atoms with Crippen LogP contribution in [0, 0.1) is 0 Å². The van der Waals surface area contributed by atoms with Crippen LogP contribution in [0.5, 0.6) is 5.75 Å². The summed E-state index contributed by atoms with van der Waals surface area (Å²) >= 11 is 0. The second kappa shape index (κ2) is 5.24. The maximum absolute atomic E-state index is 12.1. The van der Waals surface area contributed by atoms with Crippen LogP contribution in [0.1, 0.15) is 5.76 Å². The molecule has 0 spiro atoms. The quantitative estimate of drug-likeness (QED) is 0.896. The number of sulfonamides is 1. The first-order valence-electron chi connectivity index (χ1n) is 5.28. The van der Waals surface area contributed by atoms with Crippen molar-refractivity contribution in [2.75, 3.05) is 7.11 Å². The van der Waals surface area contributed by atoms with E-state index in [0.29, 0.717) is 11.5 Å². The predicted octanol–water partition coefficient (Wildman–Crippen LogP) is 1.77. The summed E-state index contributed by atoms with van der Waals surface area (Å²) in [6.07, 6.45) is 1.49. The Morgan fingerprint density at radius 3 is 2.67 bits per heavy atom. The Morgan fingerprint density at radius 2 is 2.00 bits per heavy atom. The highest BCUT2D eigenvalue weighted by Crippen LogP contribution is 2.22. The third-order valence-electron chi connectivity index (χ3n) is 2.38. The van der Waals surface area contributed by atoms with E-state index < -0.39 is 10.0 Å². The molecule has 0 saturated heterocycles. The Morgan fingerprint density at radius 1 is 1.22 bits per heavy atom. The number of para-hydroxylation sites is 1. The molecule has 2 rings (SSSR count). The van der Waals surface area contributed by atoms with Crippen LogP contribution in [-0.2, 0) is 16.6 Å². The van der Waals surface area contributed by atoms with E-state index in [1.807, 2.05) is 0 Å². The van der Waals surface area contributed by atoms with Crippen molar-refractivity contribution in [3.8, 4) is 5.75 Å². The van der Waals surface area contributed by atoms with E-state index in [1.54, 1.807) is 30.3 Å². The molecule has 0 unspecified atom stereocenters. The van der Waals surface area contributed by atoms with Gasteiger partial charge in [-0.2, -0.15) is 0 Å². The molecule has 0 bridgehead atoms. The van der Waals surface area contributed by atoms with Crippen molar-refractivity contribution in [1.82, 2.24) is 4.72 Å². The molecule has 0 saturated carbocycles. The van der Waals surface area contributed by atoms with Gasteiger partial charge in [-0.15, -0.1) is 0 Å². The highest BCUT2D eigenvalue weighted by Gasteiger charge is 2.18. The van der Waals surface area contributed by atoms with Crippen LogP contribution in [0.3, 0.4) is 0 Å². The van der Waals surface area contributed by atoms with Gasteiger partial charge in [-0.25, -0.2) is 13.1 Å². The summed E-state index contributed by atoms with van der Waals surface area (Å²) in [5.74, 6) is 0.859. The minimum Gasteiger partial charge on any atom is -0.495 e. The molecule has 0 amide bonds. The number of rotatable bonds is 5. The van der Waals surface area contributed by atoms with Gasteiger partial charge in [0.25, 0.3) is 0 Å². The highest BCUT2D eigenvalue weighted by atomic mass is 32.2. The van der Waals surface area contributed by atoms with Gasteiger partial charge in [0.2, 0.25) is 10.0 Å². The molecular weight excluding hydrogens is 254 g/mol. The second-order valence-electron chi connectivity index (χ2n) is 3.55. The third kappa shape index (κ3) is 2.72. The zero-order valence-electron chi connectivity index (χ0n) is 9.79. The number of hydrogen-bond donors (Lipinski definition) is 1. The first-order chi connectivity index (χ1) is 8.63. The number of benzene rings is 1. The molecule has 0 fully saturated rings. The van der Waals surface area contributed by atoms with Gasteiger partial charge < -0.3 is 9.15 Å². The summed E-state index contributed by atoms with van der Waals surface area (Å²) in [7, 11) is -2.18. The minimum atomic E-state index is -3.61. The summed E-state index contributed by atoms with van der Waals surface area (Å²) in [6, 6.07) is 9.84. The van der Waals surface area contributed by atoms with Crippen LogP contribution >= 0.6 is 0 Å². The summed E-state index contributed by atoms with van der Waals surface area (Å²) in [6.45, 7) is 0.105. The van der Waals surface area contributed by atoms with Gasteiger partial charge in [-0.05, 0) is 24.3 Å². The maximum Gasteiger partial charge on any atom is 0.244 e. The van der Waals surface area contributed by atoms with E-state index >= 15 is 0 Å². The molecule has 1 N–H and O–H groups in total. The smallest absolute Gasteiger partial charge is 0.244 e. The molecule has 2 aromatic rings. The molecule has 1 aromatic carbocycles. The largest absolute Gasteiger partial charge is 0.495 e. The molecule has 0 atom stereocenters. The Kier molecular flexibility index (Phi) is 3.69. The molecule has 0 aliphatic rings. The van der Waals surface area contributed by atoms with Crippen LogP contribution in [0.25, 0.3) is 0 Å². The molecule has 0 radical (unpaired) electrons. The van der Waals surface area contributed by atoms with Crippen LogP contribution < -0.4 is 9.46 Å². The lowest BCUT2D eigenvalue weighted by molar-refractivity contribution is 0.402. The van der Waals surface area contributed by atoms with Gasteiger partial charge in [-0.3, -0.25) is 0 Å². The minimum absolute atomic E-state index is 0.105. The fourth-order valence-electron chi connectivity index (χ4n) is 1.50. The molecule has 6 heteroatoms. The molecule has 5 nitrogen and oxygen atoms in total. The molecule has 18 heavy (non-hydrogen) atoms. The van der Waals surface area contributed by atoms with E-state index in [4.69, 9.17) is 9.15 Å². The van der Waals surface area contributed by atoms with Gasteiger partial charge in [-0.1, -0.05) is 12.1 Å². The zero-order valence-corrected chi connectivity index (χ0v) is 10.6. The lowest BCUT2D eigenvalue weighted by Gasteiger charge is -2.09. The Bertz CT molecular complexity index is 605. The monoisotopic (exact) mass is 267 g/mol. The second-order valence-corrected chi connectivity index (χ2v) is 5.29. The van der Waals surface area contributed by atoms with Crippen molar-refractivity contribution in [2.24, 2.45) is 0 Å². The summed E-state index contributed by atoms with van der Waals surface area (Å²) < 4.78 is 36.7. The number of nitrogens with one attached hydrogen (secondary N) is 1. The molecular formula is C12H13NO4S. The van der Waals surface area contributed by atoms with Gasteiger partial charge >= 0.3 is 0 Å². The topological polar surface area (TPSA) is 68.5 Å². The normalized spacial score (nSPS) is 11.4. The van der Waals surface area contributed by atoms with E-state index in [1.165, 1.54) is 19.4 Å². The average Bonchev–Trinajstić information content (AvgIpc) is 2.89. The van der Waals surface area contributed by atoms with Gasteiger partial charge in [0.1, 0.15) is 16.4 Å². The van der Waals surface area contributed by atoms with E-state index in [9.17, 15) is 8.42 Å². The van der Waals surface area contributed by atoms with Crippen molar-refractivity contribution in [3.63, 3.8) is 0 Å². The average molecular weight is 267 g/mol. The standard InChI is InChI=1S/C12H13NO4S/c1-16-11-6-2-3-7-12(11)18(14,15)13-9-10-5-4-8-17-10/h2-8,13H,9H2,1H3. The summed E-state index contributed by atoms with van der Waals surface area (Å²) in [5, 5.41) is 0. The Balaban J connectivity index is 2.20. The van der Waals surface area contributed by atoms with Gasteiger partial charge in [0.05, 0.1) is 19.9 Å². The Labute approximate surface area is 105 Å². The Hall–Kier alpha value is -1.79. The van der Waals surface area contributed by atoms with E-state index in [-0.39, 0.29) is 11.4 Å². The van der Waals surface area contributed by atoms with Crippen molar-refractivity contribution in [3.05, 3.63) is 48.4 Å². The fourth-order valence-corrected chi connectivity index (χ4v) is 2.66. The molecule has 96 valence electrons. The predicted molar refractivity (Wildman–Crippen MR) is 65.7 cm³/mol. The number of furan rings is 1. The van der Waals surface area contributed by atoms with Crippen molar-refractivity contribution < 1.29 is 17.6 Å². The van der Waals surface area contributed by atoms with E-state index in [0.717, 1.165) is 0 Å². The van der Waals surface area contributed by atoms with Gasteiger partial charge in [0, 0.05) is 0 Å². The van der Waals surface area contributed by atoms with Crippen LogP contribution in [0.4, 0.5) is 0 Å². The van der Waals surface area contributed by atoms with Crippen LogP contribution in [0.2, 0.25) is 0 Å². The lowest BCUT2D eigenvalue weighted by atomic mass is 10.3. The summed E-state index contributed by atoms with van der Waals surface area (Å²) in [4.78, 5) is 0.110. The SMILES string of the molecule is COc1ccccc1S(=O)(=O)NCc1ccco1. The zero-order chi connectivity index (χ0) is 13.0. The molecule has 0 aliphatic heterocycles. The number of methoxy groups -OCH3 is 1. The van der Waals surface area contributed by atoms with Crippen molar-refractivity contribution in [2.45, 2.75) is 11.4 Å². The van der Waals surface area contributed by atoms with Crippen molar-refractivity contribution in [1.29, 1.82) is 0 Å². The van der Waals surface area contributed by atoms with Gasteiger partial charge in [0.15, 0.2) is 0 Å². The molecule has 1 aromatic heterocycles. The first kappa shape index (κ1) is 12.7. The highest BCUT2D eigenvalue weighted by molar-refractivity contribution is 7.89. The number of hydrogen-bond acceptors (Lipinski definition) is 4. The van der Waals surface area contributed by atoms with E-state index in [2.05, 4.69) is 4.72 Å². The molecule has 1 heterocycles. The van der Waals surface area contributed by atoms with Crippen LogP contribution in [-0.4, -0.2) is 15.5 Å². The molecule has 0 aliphatic carbocycles. The summed E-state index contributed by atoms with van der Waals surface area (Å²) in [5.41, 5.74) is 0.